The molecule has 1 aromatic carbocycles. The van der Waals surface area contributed by atoms with Crippen molar-refractivity contribution in [1.29, 1.82) is 0 Å². The quantitative estimate of drug-likeness (QED) is 0.583. The molecule has 1 aromatic heterocycles. The molecule has 0 unspecified atom stereocenters. The number of halogens is 3. The minimum Gasteiger partial charge on any atom is -0.504 e. The first-order valence-corrected chi connectivity index (χ1v) is 11.2. The minimum absolute atomic E-state index is 0.0368. The summed E-state index contributed by atoms with van der Waals surface area (Å²) >= 11 is 0. The van der Waals surface area contributed by atoms with Gasteiger partial charge in [0.15, 0.2) is 23.1 Å². The lowest BCUT2D eigenvalue weighted by Gasteiger charge is -2.47. The summed E-state index contributed by atoms with van der Waals surface area (Å²) in [6, 6.07) is 2.88. The molecule has 0 saturated carbocycles. The zero-order chi connectivity index (χ0) is 24.9. The van der Waals surface area contributed by atoms with Crippen molar-refractivity contribution in [3.05, 3.63) is 29.8 Å². The Balaban J connectivity index is 1.34. The molecule has 5 rings (SSSR count). The number of anilines is 2. The number of phenols is 1. The molecule has 186 valence electrons. The highest BCUT2D eigenvalue weighted by molar-refractivity contribution is 5.86. The first kappa shape index (κ1) is 23.0. The van der Waals surface area contributed by atoms with E-state index in [1.165, 1.54) is 4.90 Å². The van der Waals surface area contributed by atoms with Crippen LogP contribution in [0.1, 0.15) is 12.8 Å². The number of carbonyl (C=O) groups is 2. The van der Waals surface area contributed by atoms with Crippen LogP contribution in [-0.4, -0.2) is 93.2 Å². The molecule has 35 heavy (non-hydrogen) atoms. The molecule has 1 atom stereocenters. The van der Waals surface area contributed by atoms with Crippen LogP contribution in [0.2, 0.25) is 0 Å². The van der Waals surface area contributed by atoms with E-state index in [0.29, 0.717) is 30.7 Å². The molecule has 10 nitrogen and oxygen atoms in total. The number of amides is 2. The van der Waals surface area contributed by atoms with Crippen molar-refractivity contribution in [3.8, 4) is 17.0 Å². The molecular weight excluding hydrogens is 469 g/mol. The number of nitrogens with one attached hydrogen (secondary N) is 1. The third-order valence-electron chi connectivity index (χ3n) is 6.87. The zero-order valence-electron chi connectivity index (χ0n) is 18.5. The topological polar surface area (TPSA) is 122 Å². The Morgan fingerprint density at radius 2 is 1.80 bits per heavy atom. The number of phenolic OH excluding ortho intramolecular Hbond substituents is 1. The van der Waals surface area contributed by atoms with Gasteiger partial charge in [0.2, 0.25) is 0 Å². The van der Waals surface area contributed by atoms with Crippen LogP contribution in [0.25, 0.3) is 11.3 Å². The van der Waals surface area contributed by atoms with Crippen LogP contribution in [0.15, 0.2) is 18.2 Å². The van der Waals surface area contributed by atoms with Gasteiger partial charge in [-0.1, -0.05) is 0 Å². The normalized spacial score (nSPS) is 21.1. The monoisotopic (exact) mass is 492 g/mol. The summed E-state index contributed by atoms with van der Waals surface area (Å²) in [7, 11) is 0. The van der Waals surface area contributed by atoms with Gasteiger partial charge in [-0.25, -0.2) is 18.0 Å². The van der Waals surface area contributed by atoms with E-state index in [-0.39, 0.29) is 56.3 Å². The molecule has 0 bridgehead atoms. The lowest BCUT2D eigenvalue weighted by molar-refractivity contribution is -0.148. The van der Waals surface area contributed by atoms with Crippen molar-refractivity contribution in [2.75, 3.05) is 49.5 Å². The number of likely N-dealkylation sites (tertiary alicyclic amines) is 1. The van der Waals surface area contributed by atoms with Crippen molar-refractivity contribution in [1.82, 2.24) is 20.0 Å². The van der Waals surface area contributed by atoms with Gasteiger partial charge >= 0.3 is 6.09 Å². The van der Waals surface area contributed by atoms with Crippen molar-refractivity contribution in [2.24, 2.45) is 0 Å². The number of aromatic hydroxyl groups is 1. The van der Waals surface area contributed by atoms with E-state index < -0.39 is 35.1 Å². The van der Waals surface area contributed by atoms with Gasteiger partial charge in [-0.2, -0.15) is 0 Å². The highest BCUT2D eigenvalue weighted by atomic mass is 19.1. The number of rotatable bonds is 2. The van der Waals surface area contributed by atoms with Gasteiger partial charge in [-0.15, -0.1) is 10.2 Å². The van der Waals surface area contributed by atoms with Crippen LogP contribution < -0.4 is 10.2 Å². The van der Waals surface area contributed by atoms with E-state index in [4.69, 9.17) is 5.11 Å². The summed E-state index contributed by atoms with van der Waals surface area (Å²) in [4.78, 5) is 28.7. The first-order valence-electron chi connectivity index (χ1n) is 11.2. The summed E-state index contributed by atoms with van der Waals surface area (Å²) in [5.41, 5.74) is -1.58. The van der Waals surface area contributed by atoms with Gasteiger partial charge in [-0.05, 0) is 12.1 Å². The SMILES string of the molecule is O=C(O)N1CCC(F)(C(=O)N2CCN3c4cc(-c5cc(F)cc(F)c5O)nnc4NC[C@H]3C2)CC1. The molecule has 2 amide bonds. The molecule has 4 heterocycles. The maximum absolute atomic E-state index is 15.5. The standard InChI is InChI=1S/C22H23F3N6O4/c23-12-7-14(18(32)15(24)8-12)16-9-17-19(28-27-16)26-10-13-11-30(5-6-31(13)17)20(33)22(25)1-3-29(4-2-22)21(34)35/h7-9,13,32H,1-6,10-11H2,(H,26,28)(H,34,35)/t13-/m0/s1. The van der Waals surface area contributed by atoms with Gasteiger partial charge in [-0.3, -0.25) is 4.79 Å². The Kier molecular flexibility index (Phi) is 5.56. The van der Waals surface area contributed by atoms with Crippen molar-refractivity contribution >= 4 is 23.5 Å². The number of piperidine rings is 1. The van der Waals surface area contributed by atoms with Crippen LogP contribution in [0.4, 0.5) is 29.5 Å². The summed E-state index contributed by atoms with van der Waals surface area (Å²) in [6.07, 6.45) is -1.50. The van der Waals surface area contributed by atoms with Gasteiger partial charge in [0.25, 0.3) is 5.91 Å². The van der Waals surface area contributed by atoms with Crippen LogP contribution >= 0.6 is 0 Å². The van der Waals surface area contributed by atoms with Crippen LogP contribution in [0.5, 0.6) is 5.75 Å². The largest absolute Gasteiger partial charge is 0.504 e. The molecule has 3 N–H and O–H groups in total. The predicted molar refractivity (Wildman–Crippen MR) is 118 cm³/mol. The Morgan fingerprint density at radius 1 is 1.06 bits per heavy atom. The molecule has 3 aliphatic heterocycles. The average Bonchev–Trinajstić information content (AvgIpc) is 2.85. The number of piperazine rings is 1. The fourth-order valence-electron chi connectivity index (χ4n) is 4.92. The molecule has 2 fully saturated rings. The Morgan fingerprint density at radius 3 is 2.51 bits per heavy atom. The van der Waals surface area contributed by atoms with E-state index in [0.717, 1.165) is 11.0 Å². The number of carboxylic acid groups (broad SMARTS) is 1. The second-order valence-corrected chi connectivity index (χ2v) is 8.96. The van der Waals surface area contributed by atoms with Crippen molar-refractivity contribution < 1.29 is 33.0 Å². The summed E-state index contributed by atoms with van der Waals surface area (Å²) in [5, 5.41) is 30.3. The Bertz CT molecular complexity index is 1190. The van der Waals surface area contributed by atoms with Crippen LogP contribution in [0, 0.1) is 11.6 Å². The number of hydrogen-bond acceptors (Lipinski definition) is 7. The lowest BCUT2D eigenvalue weighted by Crippen LogP contribution is -2.62. The fraction of sp³-hybridized carbons (Fsp3) is 0.455. The van der Waals surface area contributed by atoms with Crippen molar-refractivity contribution in [2.45, 2.75) is 24.6 Å². The van der Waals surface area contributed by atoms with Crippen LogP contribution in [0.3, 0.4) is 0 Å². The highest BCUT2D eigenvalue weighted by Gasteiger charge is 2.47. The molecule has 0 aliphatic carbocycles. The second-order valence-electron chi connectivity index (χ2n) is 8.96. The minimum atomic E-state index is -2.11. The first-order chi connectivity index (χ1) is 16.7. The highest BCUT2D eigenvalue weighted by Crippen LogP contribution is 2.38. The van der Waals surface area contributed by atoms with E-state index >= 15 is 4.39 Å². The van der Waals surface area contributed by atoms with Gasteiger partial charge in [0, 0.05) is 63.7 Å². The number of aromatic nitrogens is 2. The predicted octanol–water partition coefficient (Wildman–Crippen LogP) is 2.05. The molecule has 0 radical (unpaired) electrons. The maximum atomic E-state index is 15.5. The van der Waals surface area contributed by atoms with Gasteiger partial charge in [0.1, 0.15) is 5.82 Å². The second kappa shape index (κ2) is 8.47. The van der Waals surface area contributed by atoms with E-state index in [2.05, 4.69) is 15.5 Å². The summed E-state index contributed by atoms with van der Waals surface area (Å²) < 4.78 is 43.0. The summed E-state index contributed by atoms with van der Waals surface area (Å²) in [5.74, 6) is -2.91. The smallest absolute Gasteiger partial charge is 0.407 e. The maximum Gasteiger partial charge on any atom is 0.407 e. The van der Waals surface area contributed by atoms with Gasteiger partial charge < -0.3 is 30.2 Å². The zero-order valence-corrected chi connectivity index (χ0v) is 18.5. The molecule has 3 aliphatic rings. The van der Waals surface area contributed by atoms with Crippen molar-refractivity contribution in [3.63, 3.8) is 0 Å². The van der Waals surface area contributed by atoms with E-state index in [1.807, 2.05) is 4.90 Å². The third kappa shape index (κ3) is 4.04. The molecule has 2 aromatic rings. The number of hydrogen-bond donors (Lipinski definition) is 3. The molecular formula is C22H23F3N6O4. The average molecular weight is 492 g/mol. The molecule has 0 spiro atoms. The lowest BCUT2D eigenvalue weighted by atomic mass is 9.91. The summed E-state index contributed by atoms with van der Waals surface area (Å²) in [6.45, 7) is 1.17. The number of alkyl halides is 1. The number of carbonyl (C=O) groups excluding carboxylic acids is 1. The molecule has 13 heteroatoms. The Hall–Kier alpha value is -3.77. The fourth-order valence-corrected chi connectivity index (χ4v) is 4.92. The van der Waals surface area contributed by atoms with Crippen LogP contribution in [-0.2, 0) is 4.79 Å². The third-order valence-corrected chi connectivity index (χ3v) is 6.87. The van der Waals surface area contributed by atoms with E-state index in [9.17, 15) is 23.5 Å². The number of nitrogens with zero attached hydrogens (tertiary/aromatic N) is 5. The number of fused-ring (bicyclic) bond motifs is 3. The van der Waals surface area contributed by atoms with Gasteiger partial charge in [0.05, 0.1) is 17.4 Å². The molecule has 2 saturated heterocycles. The number of benzene rings is 1. The Labute approximate surface area is 197 Å². The van der Waals surface area contributed by atoms with E-state index in [1.54, 1.807) is 6.07 Å².